The summed E-state index contributed by atoms with van der Waals surface area (Å²) < 4.78 is 2.52. The van der Waals surface area contributed by atoms with Crippen LogP contribution in [0.25, 0.3) is 10.8 Å². The quantitative estimate of drug-likeness (QED) is 0.726. The van der Waals surface area contributed by atoms with Crippen LogP contribution in [0, 0.1) is 0 Å². The first-order valence-electron chi connectivity index (χ1n) is 5.42. The molecular weight excluding hydrogens is 312 g/mol. The Hall–Kier alpha value is -1.46. The molecule has 3 nitrogen and oxygen atoms in total. The highest BCUT2D eigenvalue weighted by atomic mass is 79.9. The number of aromatic nitrogens is 2. The fourth-order valence-corrected chi connectivity index (χ4v) is 3.27. The lowest BCUT2D eigenvalue weighted by molar-refractivity contribution is 0.653. The zero-order valence-corrected chi connectivity index (χ0v) is 11.7. The van der Waals surface area contributed by atoms with E-state index in [0.717, 1.165) is 14.7 Å². The molecule has 0 atom stereocenters. The molecule has 0 saturated heterocycles. The fourth-order valence-electron chi connectivity index (χ4n) is 1.81. The van der Waals surface area contributed by atoms with Crippen molar-refractivity contribution in [3.8, 4) is 0 Å². The molecule has 0 aliphatic carbocycles. The number of halogens is 1. The van der Waals surface area contributed by atoms with Crippen molar-refractivity contribution in [2.75, 3.05) is 0 Å². The molecule has 5 heteroatoms. The van der Waals surface area contributed by atoms with Crippen molar-refractivity contribution >= 4 is 38.0 Å². The Morgan fingerprint density at radius 3 is 2.89 bits per heavy atom. The van der Waals surface area contributed by atoms with Gasteiger partial charge in [-0.25, -0.2) is 4.68 Å². The first-order valence-corrected chi connectivity index (χ1v) is 7.10. The summed E-state index contributed by atoms with van der Waals surface area (Å²) in [6.07, 6.45) is 1.73. The van der Waals surface area contributed by atoms with Crippen molar-refractivity contribution in [3.05, 3.63) is 61.6 Å². The second-order valence-corrected chi connectivity index (χ2v) is 5.74. The number of benzene rings is 1. The number of hydrogen-bond acceptors (Lipinski definition) is 3. The number of rotatable bonds is 2. The van der Waals surface area contributed by atoms with E-state index in [2.05, 4.69) is 21.0 Å². The Bertz CT molecular complexity index is 763. The van der Waals surface area contributed by atoms with Gasteiger partial charge < -0.3 is 0 Å². The molecule has 0 spiro atoms. The average Bonchev–Trinajstić information content (AvgIpc) is 2.79. The van der Waals surface area contributed by atoms with Gasteiger partial charge in [0, 0.05) is 14.7 Å². The largest absolute Gasteiger partial charge is 0.274 e. The minimum absolute atomic E-state index is 0.0478. The Morgan fingerprint density at radius 2 is 2.11 bits per heavy atom. The standard InChI is InChI=1S/C13H9BrN2OS/c14-11-5-6-18-12(11)8-16-13(17)10-4-2-1-3-9(10)7-15-16/h1-7H,8H2. The average molecular weight is 321 g/mol. The number of hydrogen-bond donors (Lipinski definition) is 0. The first-order chi connectivity index (χ1) is 8.75. The van der Waals surface area contributed by atoms with Gasteiger partial charge in [-0.05, 0) is 33.4 Å². The summed E-state index contributed by atoms with van der Waals surface area (Å²) in [5.74, 6) is 0. The van der Waals surface area contributed by atoms with Crippen molar-refractivity contribution in [3.63, 3.8) is 0 Å². The molecule has 1 aromatic carbocycles. The second-order valence-electron chi connectivity index (χ2n) is 3.89. The summed E-state index contributed by atoms with van der Waals surface area (Å²) in [6.45, 7) is 0.502. The van der Waals surface area contributed by atoms with Crippen LogP contribution in [0.1, 0.15) is 4.88 Å². The molecular formula is C13H9BrN2OS. The van der Waals surface area contributed by atoms with E-state index in [1.54, 1.807) is 17.5 Å². The van der Waals surface area contributed by atoms with Crippen LogP contribution in [0.15, 0.2) is 51.2 Å². The molecule has 3 rings (SSSR count). The van der Waals surface area contributed by atoms with Gasteiger partial charge in [0.15, 0.2) is 0 Å². The minimum Gasteiger partial charge on any atom is -0.267 e. The van der Waals surface area contributed by atoms with Crippen LogP contribution in [-0.2, 0) is 6.54 Å². The van der Waals surface area contributed by atoms with Crippen molar-refractivity contribution in [1.82, 2.24) is 9.78 Å². The van der Waals surface area contributed by atoms with E-state index in [1.807, 2.05) is 35.7 Å². The van der Waals surface area contributed by atoms with E-state index in [1.165, 1.54) is 4.68 Å². The molecule has 0 unspecified atom stereocenters. The summed E-state index contributed by atoms with van der Waals surface area (Å²) in [6, 6.07) is 9.49. The normalized spacial score (nSPS) is 10.9. The molecule has 0 fully saturated rings. The van der Waals surface area contributed by atoms with E-state index >= 15 is 0 Å². The molecule has 3 aromatic rings. The Morgan fingerprint density at radius 1 is 1.28 bits per heavy atom. The SMILES string of the molecule is O=c1c2ccccc2cnn1Cc1sccc1Br. The summed E-state index contributed by atoms with van der Waals surface area (Å²) in [5, 5.41) is 7.79. The Balaban J connectivity index is 2.11. The highest BCUT2D eigenvalue weighted by Gasteiger charge is 2.07. The summed E-state index contributed by atoms with van der Waals surface area (Å²) in [7, 11) is 0. The maximum atomic E-state index is 12.3. The van der Waals surface area contributed by atoms with Crippen LogP contribution >= 0.6 is 27.3 Å². The molecule has 0 saturated carbocycles. The van der Waals surface area contributed by atoms with E-state index < -0.39 is 0 Å². The maximum absolute atomic E-state index is 12.3. The predicted molar refractivity (Wildman–Crippen MR) is 77.1 cm³/mol. The van der Waals surface area contributed by atoms with Crippen LogP contribution in [0.5, 0.6) is 0 Å². The van der Waals surface area contributed by atoms with E-state index in [0.29, 0.717) is 11.9 Å². The molecule has 90 valence electrons. The fraction of sp³-hybridized carbons (Fsp3) is 0.0769. The minimum atomic E-state index is -0.0478. The Labute approximate surface area is 116 Å². The molecule has 2 aromatic heterocycles. The molecule has 0 aliphatic rings. The van der Waals surface area contributed by atoms with Gasteiger partial charge in [0.1, 0.15) is 0 Å². The lowest BCUT2D eigenvalue weighted by atomic mass is 10.2. The lowest BCUT2D eigenvalue weighted by Crippen LogP contribution is -2.22. The second kappa shape index (κ2) is 4.66. The topological polar surface area (TPSA) is 34.9 Å². The third-order valence-electron chi connectivity index (χ3n) is 2.75. The van der Waals surface area contributed by atoms with Crippen molar-refractivity contribution in [2.45, 2.75) is 6.54 Å². The van der Waals surface area contributed by atoms with Crippen molar-refractivity contribution in [2.24, 2.45) is 0 Å². The molecule has 0 amide bonds. The van der Waals surface area contributed by atoms with Crippen LogP contribution < -0.4 is 5.56 Å². The van der Waals surface area contributed by atoms with Crippen LogP contribution in [-0.4, -0.2) is 9.78 Å². The number of fused-ring (bicyclic) bond motifs is 1. The monoisotopic (exact) mass is 320 g/mol. The summed E-state index contributed by atoms with van der Waals surface area (Å²) in [5.41, 5.74) is -0.0478. The zero-order valence-electron chi connectivity index (χ0n) is 9.34. The lowest BCUT2D eigenvalue weighted by Gasteiger charge is -2.04. The predicted octanol–water partition coefficient (Wildman–Crippen LogP) is 3.27. The van der Waals surface area contributed by atoms with Crippen LogP contribution in [0.2, 0.25) is 0 Å². The maximum Gasteiger partial charge on any atom is 0.274 e. The van der Waals surface area contributed by atoms with Gasteiger partial charge in [0.05, 0.1) is 18.1 Å². The Kier molecular flexibility index (Phi) is 3.01. The molecule has 18 heavy (non-hydrogen) atoms. The van der Waals surface area contributed by atoms with Crippen LogP contribution in [0.4, 0.5) is 0 Å². The van der Waals surface area contributed by atoms with Crippen LogP contribution in [0.3, 0.4) is 0 Å². The zero-order chi connectivity index (χ0) is 12.5. The highest BCUT2D eigenvalue weighted by molar-refractivity contribution is 9.10. The molecule has 0 aliphatic heterocycles. The van der Waals surface area contributed by atoms with Gasteiger partial charge in [0.2, 0.25) is 0 Å². The number of thiophene rings is 1. The smallest absolute Gasteiger partial charge is 0.267 e. The third-order valence-corrected chi connectivity index (χ3v) is 4.66. The molecule has 0 radical (unpaired) electrons. The molecule has 0 bridgehead atoms. The number of nitrogens with zero attached hydrogens (tertiary/aromatic N) is 2. The van der Waals surface area contributed by atoms with Gasteiger partial charge >= 0.3 is 0 Å². The summed E-state index contributed by atoms with van der Waals surface area (Å²) in [4.78, 5) is 13.4. The molecule has 0 N–H and O–H groups in total. The van der Waals surface area contributed by atoms with E-state index in [9.17, 15) is 4.79 Å². The molecule has 2 heterocycles. The van der Waals surface area contributed by atoms with Crippen molar-refractivity contribution in [1.29, 1.82) is 0 Å². The summed E-state index contributed by atoms with van der Waals surface area (Å²) >= 11 is 5.08. The van der Waals surface area contributed by atoms with Crippen molar-refractivity contribution < 1.29 is 0 Å². The first kappa shape index (κ1) is 11.6. The van der Waals surface area contributed by atoms with E-state index in [4.69, 9.17) is 0 Å². The van der Waals surface area contributed by atoms with Gasteiger partial charge in [0.25, 0.3) is 5.56 Å². The van der Waals surface area contributed by atoms with E-state index in [-0.39, 0.29) is 5.56 Å². The van der Waals surface area contributed by atoms with Gasteiger partial charge in [-0.15, -0.1) is 11.3 Å². The van der Waals surface area contributed by atoms with Gasteiger partial charge in [-0.1, -0.05) is 18.2 Å². The van der Waals surface area contributed by atoms with Gasteiger partial charge in [-0.2, -0.15) is 5.10 Å². The van der Waals surface area contributed by atoms with Gasteiger partial charge in [-0.3, -0.25) is 4.79 Å². The highest BCUT2D eigenvalue weighted by Crippen LogP contribution is 2.23. The third kappa shape index (κ3) is 2.00.